The normalized spacial score (nSPS) is 16.2. The second kappa shape index (κ2) is 8.21. The Morgan fingerprint density at radius 1 is 1.18 bits per heavy atom. The van der Waals surface area contributed by atoms with Crippen LogP contribution >= 0.6 is 0 Å². The van der Waals surface area contributed by atoms with Crippen molar-refractivity contribution in [1.29, 1.82) is 0 Å². The van der Waals surface area contributed by atoms with Crippen LogP contribution in [-0.4, -0.2) is 31.3 Å². The molecule has 1 fully saturated rings. The lowest BCUT2D eigenvalue weighted by molar-refractivity contribution is -0.122. The second-order valence-corrected chi connectivity index (χ2v) is 6.90. The summed E-state index contributed by atoms with van der Waals surface area (Å²) >= 11 is 0. The van der Waals surface area contributed by atoms with Crippen LogP contribution in [0.15, 0.2) is 42.5 Å². The van der Waals surface area contributed by atoms with Crippen molar-refractivity contribution in [3.63, 3.8) is 0 Å². The smallest absolute Gasteiger partial charge is 0.229 e. The van der Waals surface area contributed by atoms with Crippen molar-refractivity contribution in [3.05, 3.63) is 59.4 Å². The number of halogens is 1. The molecule has 0 aliphatic carbocycles. The first kappa shape index (κ1) is 19.5. The Labute approximate surface area is 162 Å². The first-order valence-corrected chi connectivity index (χ1v) is 9.04. The maximum absolute atomic E-state index is 14.2. The van der Waals surface area contributed by atoms with Gasteiger partial charge in [-0.1, -0.05) is 18.2 Å². The predicted octanol–water partition coefficient (Wildman–Crippen LogP) is 2.41. The van der Waals surface area contributed by atoms with Gasteiger partial charge in [0.1, 0.15) is 5.82 Å². The molecule has 2 aromatic rings. The fourth-order valence-corrected chi connectivity index (χ4v) is 3.17. The van der Waals surface area contributed by atoms with Gasteiger partial charge >= 0.3 is 0 Å². The molecule has 0 radical (unpaired) electrons. The van der Waals surface area contributed by atoms with E-state index in [9.17, 15) is 18.8 Å². The molecule has 28 heavy (non-hydrogen) atoms. The third-order valence-electron chi connectivity index (χ3n) is 4.75. The molecule has 0 saturated carbocycles. The third kappa shape index (κ3) is 4.36. The van der Waals surface area contributed by atoms with Crippen molar-refractivity contribution in [2.24, 2.45) is 5.92 Å². The Morgan fingerprint density at radius 3 is 2.54 bits per heavy atom. The standard InChI is InChI=1S/C21H22FN3O3/c1-13-3-8-18(17(22)9-13)25-12-15(11-20(25)27)21(28)24-16-6-4-14(5-7-16)10-19(26)23-2/h3-9,15H,10-12H2,1-2H3,(H,23,26)(H,24,28). The zero-order chi connectivity index (χ0) is 20.3. The molecule has 0 spiro atoms. The van der Waals surface area contributed by atoms with Crippen molar-refractivity contribution in [2.75, 3.05) is 23.8 Å². The van der Waals surface area contributed by atoms with E-state index in [1.807, 2.05) is 0 Å². The van der Waals surface area contributed by atoms with Crippen LogP contribution in [0, 0.1) is 18.7 Å². The molecule has 7 heteroatoms. The molecule has 3 amide bonds. The third-order valence-corrected chi connectivity index (χ3v) is 4.75. The molecule has 146 valence electrons. The number of carbonyl (C=O) groups excluding carboxylic acids is 3. The Bertz CT molecular complexity index is 912. The largest absolute Gasteiger partial charge is 0.359 e. The first-order valence-electron chi connectivity index (χ1n) is 9.04. The fourth-order valence-electron chi connectivity index (χ4n) is 3.17. The van der Waals surface area contributed by atoms with E-state index in [2.05, 4.69) is 10.6 Å². The van der Waals surface area contributed by atoms with E-state index < -0.39 is 11.7 Å². The highest BCUT2D eigenvalue weighted by Crippen LogP contribution is 2.28. The van der Waals surface area contributed by atoms with Gasteiger partial charge in [-0.05, 0) is 42.3 Å². The number of aryl methyl sites for hydroxylation is 1. The van der Waals surface area contributed by atoms with Crippen LogP contribution in [0.25, 0.3) is 0 Å². The summed E-state index contributed by atoms with van der Waals surface area (Å²) in [5.74, 6) is -1.68. The molecule has 1 unspecified atom stereocenters. The van der Waals surface area contributed by atoms with Gasteiger partial charge in [0.25, 0.3) is 0 Å². The molecule has 6 nitrogen and oxygen atoms in total. The number of hydrogen-bond donors (Lipinski definition) is 2. The van der Waals surface area contributed by atoms with Gasteiger partial charge in [-0.2, -0.15) is 0 Å². The van der Waals surface area contributed by atoms with Gasteiger partial charge in [0.2, 0.25) is 17.7 Å². The summed E-state index contributed by atoms with van der Waals surface area (Å²) in [7, 11) is 1.57. The average molecular weight is 383 g/mol. The minimum atomic E-state index is -0.557. The van der Waals surface area contributed by atoms with Crippen LogP contribution < -0.4 is 15.5 Å². The molecule has 1 saturated heterocycles. The van der Waals surface area contributed by atoms with Gasteiger partial charge in [-0.25, -0.2) is 4.39 Å². The zero-order valence-corrected chi connectivity index (χ0v) is 15.8. The Morgan fingerprint density at radius 2 is 1.89 bits per heavy atom. The molecule has 1 heterocycles. The van der Waals surface area contributed by atoms with E-state index in [0.29, 0.717) is 5.69 Å². The highest BCUT2D eigenvalue weighted by molar-refractivity contribution is 6.03. The Kier molecular flexibility index (Phi) is 5.73. The number of benzene rings is 2. The van der Waals surface area contributed by atoms with Crippen molar-refractivity contribution >= 4 is 29.1 Å². The number of rotatable bonds is 5. The number of nitrogens with one attached hydrogen (secondary N) is 2. The fraction of sp³-hybridized carbons (Fsp3) is 0.286. The highest BCUT2D eigenvalue weighted by Gasteiger charge is 2.36. The number of hydrogen-bond acceptors (Lipinski definition) is 3. The molecule has 1 atom stereocenters. The summed E-state index contributed by atoms with van der Waals surface area (Å²) in [5.41, 5.74) is 2.37. The number of amides is 3. The lowest BCUT2D eigenvalue weighted by Gasteiger charge is -2.18. The molecular weight excluding hydrogens is 361 g/mol. The summed E-state index contributed by atoms with van der Waals surface area (Å²) in [6, 6.07) is 11.6. The molecule has 2 aromatic carbocycles. The van der Waals surface area contributed by atoms with E-state index in [0.717, 1.165) is 11.1 Å². The Balaban J connectivity index is 1.64. The summed E-state index contributed by atoms with van der Waals surface area (Å²) in [6.07, 6.45) is 0.298. The first-order chi connectivity index (χ1) is 13.4. The molecule has 2 N–H and O–H groups in total. The van der Waals surface area contributed by atoms with E-state index in [1.165, 1.54) is 11.0 Å². The van der Waals surface area contributed by atoms with E-state index in [-0.39, 0.29) is 42.8 Å². The van der Waals surface area contributed by atoms with E-state index in [4.69, 9.17) is 0 Å². The van der Waals surface area contributed by atoms with Crippen molar-refractivity contribution in [3.8, 4) is 0 Å². The molecule has 1 aliphatic heterocycles. The second-order valence-electron chi connectivity index (χ2n) is 6.90. The van der Waals surface area contributed by atoms with Crippen LogP contribution in [0.4, 0.5) is 15.8 Å². The lowest BCUT2D eigenvalue weighted by Crippen LogP contribution is -2.28. The quantitative estimate of drug-likeness (QED) is 0.832. The van der Waals surface area contributed by atoms with Crippen LogP contribution in [0.5, 0.6) is 0 Å². The molecular formula is C21H22FN3O3. The van der Waals surface area contributed by atoms with Gasteiger partial charge in [0.15, 0.2) is 0 Å². The molecule has 3 rings (SSSR count). The summed E-state index contributed by atoms with van der Waals surface area (Å²) < 4.78 is 14.2. The topological polar surface area (TPSA) is 78.5 Å². The molecule has 0 bridgehead atoms. The number of anilines is 2. The number of likely N-dealkylation sites (N-methyl/N-ethyl adjacent to an activating group) is 1. The SMILES string of the molecule is CNC(=O)Cc1ccc(NC(=O)C2CC(=O)N(c3ccc(C)cc3F)C2)cc1. The van der Waals surface area contributed by atoms with Crippen molar-refractivity contribution in [2.45, 2.75) is 19.8 Å². The molecule has 0 aromatic heterocycles. The van der Waals surface area contributed by atoms with Gasteiger partial charge < -0.3 is 15.5 Å². The summed E-state index contributed by atoms with van der Waals surface area (Å²) in [4.78, 5) is 37.6. The van der Waals surface area contributed by atoms with Gasteiger partial charge in [0, 0.05) is 25.7 Å². The van der Waals surface area contributed by atoms with E-state index in [1.54, 1.807) is 50.4 Å². The van der Waals surface area contributed by atoms with E-state index >= 15 is 0 Å². The van der Waals surface area contributed by atoms with Crippen LogP contribution in [-0.2, 0) is 20.8 Å². The summed E-state index contributed by atoms with van der Waals surface area (Å²) in [5, 5.41) is 5.34. The van der Waals surface area contributed by atoms with Crippen LogP contribution in [0.2, 0.25) is 0 Å². The average Bonchev–Trinajstić information content (AvgIpc) is 3.05. The monoisotopic (exact) mass is 383 g/mol. The van der Waals surface area contributed by atoms with Crippen molar-refractivity contribution in [1.82, 2.24) is 5.32 Å². The molecule has 1 aliphatic rings. The number of nitrogens with zero attached hydrogens (tertiary/aromatic N) is 1. The predicted molar refractivity (Wildman–Crippen MR) is 104 cm³/mol. The maximum atomic E-state index is 14.2. The van der Waals surface area contributed by atoms with Crippen LogP contribution in [0.1, 0.15) is 17.5 Å². The summed E-state index contributed by atoms with van der Waals surface area (Å²) in [6.45, 7) is 1.91. The number of carbonyl (C=O) groups is 3. The minimum Gasteiger partial charge on any atom is -0.359 e. The minimum absolute atomic E-state index is 0.0356. The lowest BCUT2D eigenvalue weighted by atomic mass is 10.1. The zero-order valence-electron chi connectivity index (χ0n) is 15.8. The van der Waals surface area contributed by atoms with Gasteiger partial charge in [-0.3, -0.25) is 14.4 Å². The maximum Gasteiger partial charge on any atom is 0.229 e. The Hall–Kier alpha value is -3.22. The highest BCUT2D eigenvalue weighted by atomic mass is 19.1. The van der Waals surface area contributed by atoms with Crippen LogP contribution in [0.3, 0.4) is 0 Å². The van der Waals surface area contributed by atoms with Gasteiger partial charge in [-0.15, -0.1) is 0 Å². The van der Waals surface area contributed by atoms with Crippen molar-refractivity contribution < 1.29 is 18.8 Å². The van der Waals surface area contributed by atoms with Gasteiger partial charge in [0.05, 0.1) is 18.0 Å².